The van der Waals surface area contributed by atoms with Crippen molar-refractivity contribution < 1.29 is 23.5 Å². The number of benzene rings is 3. The summed E-state index contributed by atoms with van der Waals surface area (Å²) in [5.74, 6) is -0.966. The predicted molar refractivity (Wildman–Crippen MR) is 142 cm³/mol. The number of halogens is 2. The fourth-order valence-corrected chi connectivity index (χ4v) is 4.75. The van der Waals surface area contributed by atoms with E-state index in [2.05, 4.69) is 21.2 Å². The topological polar surface area (TPSA) is 75.7 Å². The van der Waals surface area contributed by atoms with Crippen molar-refractivity contribution >= 4 is 56.5 Å². The quantitative estimate of drug-likeness (QED) is 0.331. The van der Waals surface area contributed by atoms with Crippen molar-refractivity contribution in [2.24, 2.45) is 0 Å². The maximum absolute atomic E-state index is 14.0. The zero-order valence-electron chi connectivity index (χ0n) is 19.5. The normalized spacial score (nSPS) is 14.4. The SMILES string of the molecule is Cc1ccc(C)c(NC(=O)COc2ccc(Br)cc2/C=C2\SC(=O)N(Cc3ccccc3F)C2=O)c1. The molecule has 0 aliphatic carbocycles. The maximum Gasteiger partial charge on any atom is 0.293 e. The molecule has 4 rings (SSSR count). The Hall–Kier alpha value is -3.43. The molecule has 3 amide bonds. The summed E-state index contributed by atoms with van der Waals surface area (Å²) < 4.78 is 20.5. The monoisotopic (exact) mass is 568 g/mol. The van der Waals surface area contributed by atoms with Gasteiger partial charge in [-0.2, -0.15) is 0 Å². The van der Waals surface area contributed by atoms with E-state index in [0.29, 0.717) is 17.0 Å². The van der Waals surface area contributed by atoms with Gasteiger partial charge in [-0.25, -0.2) is 4.39 Å². The molecule has 1 N–H and O–H groups in total. The summed E-state index contributed by atoms with van der Waals surface area (Å²) >= 11 is 4.17. The molecule has 6 nitrogen and oxygen atoms in total. The molecule has 0 radical (unpaired) electrons. The first kappa shape index (κ1) is 25.7. The van der Waals surface area contributed by atoms with Gasteiger partial charge in [-0.3, -0.25) is 19.3 Å². The summed E-state index contributed by atoms with van der Waals surface area (Å²) in [5, 5.41) is 2.36. The van der Waals surface area contributed by atoms with Gasteiger partial charge in [0.25, 0.3) is 17.1 Å². The summed E-state index contributed by atoms with van der Waals surface area (Å²) in [7, 11) is 0. The summed E-state index contributed by atoms with van der Waals surface area (Å²) in [4.78, 5) is 39.1. The number of rotatable bonds is 7. The molecule has 36 heavy (non-hydrogen) atoms. The van der Waals surface area contributed by atoms with Gasteiger partial charge in [-0.15, -0.1) is 0 Å². The Morgan fingerprint density at radius 2 is 1.89 bits per heavy atom. The number of hydrogen-bond donors (Lipinski definition) is 1. The van der Waals surface area contributed by atoms with Crippen LogP contribution in [0.25, 0.3) is 6.08 Å². The van der Waals surface area contributed by atoms with Crippen molar-refractivity contribution in [1.29, 1.82) is 0 Å². The Labute approximate surface area is 220 Å². The number of carbonyl (C=O) groups is 3. The second-order valence-electron chi connectivity index (χ2n) is 8.20. The molecular weight excluding hydrogens is 547 g/mol. The highest BCUT2D eigenvalue weighted by molar-refractivity contribution is 9.10. The van der Waals surface area contributed by atoms with Crippen molar-refractivity contribution in [1.82, 2.24) is 4.90 Å². The molecule has 3 aromatic carbocycles. The number of nitrogens with zero attached hydrogens (tertiary/aromatic N) is 1. The van der Waals surface area contributed by atoms with Gasteiger partial charge >= 0.3 is 0 Å². The lowest BCUT2D eigenvalue weighted by Crippen LogP contribution is -2.27. The van der Waals surface area contributed by atoms with Crippen LogP contribution in [0.1, 0.15) is 22.3 Å². The van der Waals surface area contributed by atoms with Crippen LogP contribution in [0.5, 0.6) is 5.75 Å². The molecule has 3 aromatic rings. The number of thioether (sulfide) groups is 1. The lowest BCUT2D eigenvalue weighted by Gasteiger charge is -2.13. The number of nitrogens with one attached hydrogen (secondary N) is 1. The molecule has 0 unspecified atom stereocenters. The number of ether oxygens (including phenoxy) is 1. The lowest BCUT2D eigenvalue weighted by molar-refractivity contribution is -0.123. The lowest BCUT2D eigenvalue weighted by atomic mass is 10.1. The zero-order chi connectivity index (χ0) is 25.8. The van der Waals surface area contributed by atoms with Gasteiger partial charge in [0, 0.05) is 21.3 Å². The highest BCUT2D eigenvalue weighted by Crippen LogP contribution is 2.36. The van der Waals surface area contributed by atoms with Crippen LogP contribution in [0.3, 0.4) is 0 Å². The minimum Gasteiger partial charge on any atom is -0.483 e. The van der Waals surface area contributed by atoms with Crippen LogP contribution < -0.4 is 10.1 Å². The third-order valence-corrected chi connectivity index (χ3v) is 6.84. The van der Waals surface area contributed by atoms with Gasteiger partial charge in [-0.1, -0.05) is 46.3 Å². The van der Waals surface area contributed by atoms with Crippen molar-refractivity contribution in [3.8, 4) is 5.75 Å². The second kappa shape index (κ2) is 11.1. The standard InChI is InChI=1S/C27H22BrFN2O4S/c1-16-7-8-17(2)22(11-16)30-25(32)15-35-23-10-9-20(28)12-19(23)13-24-26(33)31(27(34)36-24)14-18-5-3-4-6-21(18)29/h3-13H,14-15H2,1-2H3,(H,30,32)/b24-13-. The first-order chi connectivity index (χ1) is 17.2. The van der Waals surface area contributed by atoms with Gasteiger partial charge < -0.3 is 10.1 Å². The molecule has 1 fully saturated rings. The Morgan fingerprint density at radius 1 is 1.11 bits per heavy atom. The molecule has 9 heteroatoms. The maximum atomic E-state index is 14.0. The van der Waals surface area contributed by atoms with Crippen LogP contribution in [0.4, 0.5) is 14.9 Å². The molecule has 0 atom stereocenters. The molecule has 0 spiro atoms. The average Bonchev–Trinajstić information content (AvgIpc) is 3.09. The third-order valence-electron chi connectivity index (χ3n) is 5.44. The van der Waals surface area contributed by atoms with E-state index in [0.717, 1.165) is 32.3 Å². The van der Waals surface area contributed by atoms with Gasteiger partial charge in [0.15, 0.2) is 6.61 Å². The highest BCUT2D eigenvalue weighted by Gasteiger charge is 2.35. The zero-order valence-corrected chi connectivity index (χ0v) is 21.9. The number of aryl methyl sites for hydroxylation is 2. The summed E-state index contributed by atoms with van der Waals surface area (Å²) in [6, 6.07) is 16.9. The number of amides is 3. The van der Waals surface area contributed by atoms with Crippen LogP contribution in [0.2, 0.25) is 0 Å². The van der Waals surface area contributed by atoms with E-state index in [1.54, 1.807) is 30.3 Å². The number of hydrogen-bond acceptors (Lipinski definition) is 5. The van der Waals surface area contributed by atoms with Crippen molar-refractivity contribution in [2.45, 2.75) is 20.4 Å². The predicted octanol–water partition coefficient (Wildman–Crippen LogP) is 6.46. The first-order valence-electron chi connectivity index (χ1n) is 11.0. The van der Waals surface area contributed by atoms with E-state index in [-0.39, 0.29) is 29.5 Å². The van der Waals surface area contributed by atoms with E-state index in [1.165, 1.54) is 18.2 Å². The van der Waals surface area contributed by atoms with E-state index < -0.39 is 17.0 Å². The molecule has 0 saturated carbocycles. The molecule has 1 heterocycles. The van der Waals surface area contributed by atoms with Gasteiger partial charge in [0.1, 0.15) is 11.6 Å². The van der Waals surface area contributed by atoms with Crippen LogP contribution in [0.15, 0.2) is 70.0 Å². The minimum absolute atomic E-state index is 0.158. The molecule has 1 aliphatic heterocycles. The molecule has 0 aromatic heterocycles. The average molecular weight is 569 g/mol. The van der Waals surface area contributed by atoms with E-state index >= 15 is 0 Å². The smallest absolute Gasteiger partial charge is 0.293 e. The Morgan fingerprint density at radius 3 is 2.67 bits per heavy atom. The largest absolute Gasteiger partial charge is 0.483 e. The van der Waals surface area contributed by atoms with E-state index in [4.69, 9.17) is 4.74 Å². The molecule has 1 saturated heterocycles. The van der Waals surface area contributed by atoms with E-state index in [9.17, 15) is 18.8 Å². The minimum atomic E-state index is -0.521. The Balaban J connectivity index is 1.49. The Kier molecular flexibility index (Phi) is 7.91. The molecule has 1 aliphatic rings. The molecular formula is C27H22BrFN2O4S. The summed E-state index contributed by atoms with van der Waals surface area (Å²) in [6.45, 7) is 3.44. The fourth-order valence-electron chi connectivity index (χ4n) is 3.54. The molecule has 0 bridgehead atoms. The summed E-state index contributed by atoms with van der Waals surface area (Å²) in [6.07, 6.45) is 1.54. The van der Waals surface area contributed by atoms with Crippen molar-refractivity contribution in [3.05, 3.63) is 98.1 Å². The van der Waals surface area contributed by atoms with Crippen LogP contribution in [0, 0.1) is 19.7 Å². The van der Waals surface area contributed by atoms with Crippen LogP contribution >= 0.6 is 27.7 Å². The van der Waals surface area contributed by atoms with Crippen molar-refractivity contribution in [3.63, 3.8) is 0 Å². The molecule has 184 valence electrons. The number of imide groups is 1. The van der Waals surface area contributed by atoms with Gasteiger partial charge in [0.05, 0.1) is 11.4 Å². The second-order valence-corrected chi connectivity index (χ2v) is 10.1. The third kappa shape index (κ3) is 6.03. The Bertz CT molecular complexity index is 1390. The van der Waals surface area contributed by atoms with Crippen LogP contribution in [-0.2, 0) is 16.1 Å². The fraction of sp³-hybridized carbons (Fsp3) is 0.148. The van der Waals surface area contributed by atoms with Gasteiger partial charge in [-0.05, 0) is 73.1 Å². The first-order valence-corrected chi connectivity index (χ1v) is 12.6. The number of anilines is 1. The summed E-state index contributed by atoms with van der Waals surface area (Å²) in [5.41, 5.74) is 3.44. The highest BCUT2D eigenvalue weighted by atomic mass is 79.9. The van der Waals surface area contributed by atoms with Gasteiger partial charge in [0.2, 0.25) is 0 Å². The van der Waals surface area contributed by atoms with Crippen molar-refractivity contribution in [2.75, 3.05) is 11.9 Å². The number of carbonyl (C=O) groups excluding carboxylic acids is 3. The van der Waals surface area contributed by atoms with E-state index in [1.807, 2.05) is 32.0 Å². The van der Waals surface area contributed by atoms with Crippen LogP contribution in [-0.4, -0.2) is 28.6 Å².